The van der Waals surface area contributed by atoms with E-state index in [2.05, 4.69) is 29.0 Å². The molecule has 0 atom stereocenters. The van der Waals surface area contributed by atoms with E-state index in [4.69, 9.17) is 10.5 Å². The van der Waals surface area contributed by atoms with Gasteiger partial charge in [0.2, 0.25) is 5.88 Å². The number of anilines is 2. The van der Waals surface area contributed by atoms with E-state index in [1.54, 1.807) is 0 Å². The van der Waals surface area contributed by atoms with E-state index < -0.39 is 0 Å². The summed E-state index contributed by atoms with van der Waals surface area (Å²) in [5.41, 5.74) is 6.36. The summed E-state index contributed by atoms with van der Waals surface area (Å²) in [6.45, 7) is 11.1. The van der Waals surface area contributed by atoms with Crippen molar-refractivity contribution in [1.29, 1.82) is 0 Å². The van der Waals surface area contributed by atoms with E-state index in [0.717, 1.165) is 38.4 Å². The van der Waals surface area contributed by atoms with Gasteiger partial charge in [-0.1, -0.05) is 13.8 Å². The maximum atomic E-state index is 5.78. The standard InChI is InChI=1S/C14H26N4O/c1-4-18(5-2)11-7-10-16-13-9-8-12(15)14(17-13)19-6-3/h8-9H,4-7,10-11,15H2,1-3H3,(H,16,17). The molecule has 0 aliphatic rings. The van der Waals surface area contributed by atoms with Crippen molar-refractivity contribution in [1.82, 2.24) is 9.88 Å². The predicted molar refractivity (Wildman–Crippen MR) is 80.7 cm³/mol. The molecule has 0 aromatic carbocycles. The Hall–Kier alpha value is -1.49. The van der Waals surface area contributed by atoms with Crippen LogP contribution in [0.5, 0.6) is 5.88 Å². The van der Waals surface area contributed by atoms with Crippen molar-refractivity contribution in [3.8, 4) is 5.88 Å². The smallest absolute Gasteiger partial charge is 0.239 e. The normalized spacial score (nSPS) is 10.7. The van der Waals surface area contributed by atoms with E-state index in [9.17, 15) is 0 Å². The van der Waals surface area contributed by atoms with Crippen molar-refractivity contribution in [2.75, 3.05) is 43.8 Å². The lowest BCUT2D eigenvalue weighted by atomic mass is 10.3. The first-order valence-electron chi connectivity index (χ1n) is 7.06. The second-order valence-corrected chi connectivity index (χ2v) is 4.33. The van der Waals surface area contributed by atoms with E-state index >= 15 is 0 Å². The van der Waals surface area contributed by atoms with Gasteiger partial charge < -0.3 is 20.7 Å². The zero-order valence-electron chi connectivity index (χ0n) is 12.3. The van der Waals surface area contributed by atoms with E-state index in [1.165, 1.54) is 0 Å². The fourth-order valence-corrected chi connectivity index (χ4v) is 1.86. The molecule has 1 heterocycles. The SMILES string of the molecule is CCOc1nc(NCCCN(CC)CC)ccc1N. The molecule has 19 heavy (non-hydrogen) atoms. The van der Waals surface area contributed by atoms with Crippen molar-refractivity contribution in [2.24, 2.45) is 0 Å². The summed E-state index contributed by atoms with van der Waals surface area (Å²) in [4.78, 5) is 6.75. The molecule has 108 valence electrons. The molecular formula is C14H26N4O. The monoisotopic (exact) mass is 266 g/mol. The van der Waals surface area contributed by atoms with Crippen LogP contribution in [-0.2, 0) is 0 Å². The molecule has 0 saturated heterocycles. The van der Waals surface area contributed by atoms with Gasteiger partial charge in [-0.25, -0.2) is 0 Å². The number of nitrogen functional groups attached to an aromatic ring is 1. The molecule has 0 amide bonds. The van der Waals surface area contributed by atoms with Crippen LogP contribution >= 0.6 is 0 Å². The highest BCUT2D eigenvalue weighted by molar-refractivity contribution is 5.53. The Kier molecular flexibility index (Phi) is 7.03. The number of pyridine rings is 1. The van der Waals surface area contributed by atoms with E-state index in [1.807, 2.05) is 19.1 Å². The summed E-state index contributed by atoms with van der Waals surface area (Å²) in [6.07, 6.45) is 1.09. The van der Waals surface area contributed by atoms with Gasteiger partial charge in [0, 0.05) is 6.54 Å². The Labute approximate surface area is 116 Å². The number of nitrogens with two attached hydrogens (primary N) is 1. The maximum Gasteiger partial charge on any atom is 0.239 e. The topological polar surface area (TPSA) is 63.4 Å². The molecule has 0 radical (unpaired) electrons. The third-order valence-electron chi connectivity index (χ3n) is 3.02. The van der Waals surface area contributed by atoms with Crippen molar-refractivity contribution >= 4 is 11.5 Å². The molecule has 0 aliphatic carbocycles. The van der Waals surface area contributed by atoms with Crippen LogP contribution < -0.4 is 15.8 Å². The molecule has 0 saturated carbocycles. The van der Waals surface area contributed by atoms with Gasteiger partial charge in [0.05, 0.1) is 12.3 Å². The highest BCUT2D eigenvalue weighted by Crippen LogP contribution is 2.20. The van der Waals surface area contributed by atoms with Crippen LogP contribution in [0.2, 0.25) is 0 Å². The number of aromatic nitrogens is 1. The Morgan fingerprint density at radius 1 is 1.26 bits per heavy atom. The minimum absolute atomic E-state index is 0.510. The molecule has 0 fully saturated rings. The molecule has 5 nitrogen and oxygen atoms in total. The van der Waals surface area contributed by atoms with Gasteiger partial charge in [-0.3, -0.25) is 0 Å². The highest BCUT2D eigenvalue weighted by atomic mass is 16.5. The minimum Gasteiger partial charge on any atom is -0.476 e. The number of rotatable bonds is 9. The van der Waals surface area contributed by atoms with Crippen LogP contribution in [0.3, 0.4) is 0 Å². The van der Waals surface area contributed by atoms with Gasteiger partial charge in [0.25, 0.3) is 0 Å². The minimum atomic E-state index is 0.510. The average molecular weight is 266 g/mol. The Morgan fingerprint density at radius 3 is 2.63 bits per heavy atom. The van der Waals surface area contributed by atoms with Crippen LogP contribution in [0.15, 0.2) is 12.1 Å². The van der Waals surface area contributed by atoms with E-state index in [0.29, 0.717) is 18.2 Å². The molecule has 5 heteroatoms. The molecule has 1 aromatic rings. The van der Waals surface area contributed by atoms with Crippen molar-refractivity contribution in [3.63, 3.8) is 0 Å². The molecule has 0 bridgehead atoms. The molecule has 0 aliphatic heterocycles. The van der Waals surface area contributed by atoms with Crippen LogP contribution in [0.1, 0.15) is 27.2 Å². The summed E-state index contributed by atoms with van der Waals surface area (Å²) >= 11 is 0. The Balaban J connectivity index is 2.39. The molecule has 3 N–H and O–H groups in total. The molecular weight excluding hydrogens is 240 g/mol. The second kappa shape index (κ2) is 8.58. The molecule has 0 unspecified atom stereocenters. The number of hydrogen-bond acceptors (Lipinski definition) is 5. The van der Waals surface area contributed by atoms with Gasteiger partial charge in [-0.05, 0) is 45.1 Å². The fraction of sp³-hybridized carbons (Fsp3) is 0.643. The predicted octanol–water partition coefficient (Wildman–Crippen LogP) is 2.21. The summed E-state index contributed by atoms with van der Waals surface area (Å²) in [7, 11) is 0. The van der Waals surface area contributed by atoms with E-state index in [-0.39, 0.29) is 0 Å². The van der Waals surface area contributed by atoms with Gasteiger partial charge in [0.1, 0.15) is 5.82 Å². The zero-order valence-corrected chi connectivity index (χ0v) is 12.3. The van der Waals surface area contributed by atoms with Crippen LogP contribution in [0.4, 0.5) is 11.5 Å². The third kappa shape index (κ3) is 5.34. The number of nitrogens with zero attached hydrogens (tertiary/aromatic N) is 2. The average Bonchev–Trinajstić information content (AvgIpc) is 2.42. The summed E-state index contributed by atoms with van der Waals surface area (Å²) in [5.74, 6) is 1.33. The van der Waals surface area contributed by atoms with Gasteiger partial charge in [0.15, 0.2) is 0 Å². The third-order valence-corrected chi connectivity index (χ3v) is 3.02. The van der Waals surface area contributed by atoms with Gasteiger partial charge >= 0.3 is 0 Å². The van der Waals surface area contributed by atoms with Crippen LogP contribution in [0, 0.1) is 0 Å². The number of hydrogen-bond donors (Lipinski definition) is 2. The first-order chi connectivity index (χ1) is 9.21. The number of nitrogens with one attached hydrogen (secondary N) is 1. The first kappa shape index (κ1) is 15.6. The maximum absolute atomic E-state index is 5.78. The van der Waals surface area contributed by atoms with Crippen molar-refractivity contribution in [3.05, 3.63) is 12.1 Å². The largest absolute Gasteiger partial charge is 0.476 e. The second-order valence-electron chi connectivity index (χ2n) is 4.33. The van der Waals surface area contributed by atoms with Gasteiger partial charge in [-0.2, -0.15) is 4.98 Å². The Morgan fingerprint density at radius 2 is 2.00 bits per heavy atom. The molecule has 0 spiro atoms. The van der Waals surface area contributed by atoms with Crippen LogP contribution in [-0.4, -0.2) is 42.7 Å². The number of ether oxygens (including phenoxy) is 1. The lowest BCUT2D eigenvalue weighted by Gasteiger charge is -2.17. The quantitative estimate of drug-likeness (QED) is 0.671. The molecule has 1 aromatic heterocycles. The highest BCUT2D eigenvalue weighted by Gasteiger charge is 2.03. The van der Waals surface area contributed by atoms with Crippen molar-refractivity contribution in [2.45, 2.75) is 27.2 Å². The Bertz CT molecular complexity index is 366. The summed E-state index contributed by atoms with van der Waals surface area (Å²) in [6, 6.07) is 3.71. The van der Waals surface area contributed by atoms with Gasteiger partial charge in [-0.15, -0.1) is 0 Å². The molecule has 1 rings (SSSR count). The lowest BCUT2D eigenvalue weighted by Crippen LogP contribution is -2.25. The fourth-order valence-electron chi connectivity index (χ4n) is 1.86. The first-order valence-corrected chi connectivity index (χ1v) is 7.06. The lowest BCUT2D eigenvalue weighted by molar-refractivity contribution is 0.303. The summed E-state index contributed by atoms with van der Waals surface area (Å²) < 4.78 is 5.37. The zero-order chi connectivity index (χ0) is 14.1. The summed E-state index contributed by atoms with van der Waals surface area (Å²) in [5, 5.41) is 3.30. The van der Waals surface area contributed by atoms with Crippen LogP contribution in [0.25, 0.3) is 0 Å². The van der Waals surface area contributed by atoms with Crippen molar-refractivity contribution < 1.29 is 4.74 Å².